The molecule has 0 bridgehead atoms. The normalized spacial score (nSPS) is 10.5. The number of carbonyl (C=O) groups is 1. The molecule has 0 fully saturated rings. The van der Waals surface area contributed by atoms with Gasteiger partial charge in [0.05, 0.1) is 12.3 Å². The van der Waals surface area contributed by atoms with Gasteiger partial charge in [-0.25, -0.2) is 4.39 Å². The second kappa shape index (κ2) is 11.1. The van der Waals surface area contributed by atoms with E-state index in [-0.39, 0.29) is 17.9 Å². The molecule has 6 heteroatoms. The van der Waals surface area contributed by atoms with Crippen molar-refractivity contribution in [3.05, 3.63) is 71.6 Å². The molecule has 2 aromatic carbocycles. The van der Waals surface area contributed by atoms with E-state index in [0.29, 0.717) is 30.1 Å². The van der Waals surface area contributed by atoms with Crippen LogP contribution in [0.2, 0.25) is 0 Å². The van der Waals surface area contributed by atoms with E-state index in [2.05, 4.69) is 17.8 Å². The van der Waals surface area contributed by atoms with Gasteiger partial charge >= 0.3 is 0 Å². The molecule has 0 atom stereocenters. The third-order valence-electron chi connectivity index (χ3n) is 3.92. The number of nitriles is 1. The van der Waals surface area contributed by atoms with Crippen molar-refractivity contribution in [2.24, 2.45) is 0 Å². The maximum absolute atomic E-state index is 13.8. The van der Waals surface area contributed by atoms with Crippen molar-refractivity contribution in [1.29, 1.82) is 5.26 Å². The van der Waals surface area contributed by atoms with Gasteiger partial charge in [0.15, 0.2) is 11.5 Å². The third-order valence-corrected chi connectivity index (χ3v) is 3.92. The number of nitrogens with one attached hydrogen (secondary N) is 1. The smallest absolute Gasteiger partial charge is 0.266 e. The fourth-order valence-electron chi connectivity index (χ4n) is 2.68. The van der Waals surface area contributed by atoms with Crippen molar-refractivity contribution in [3.8, 4) is 29.9 Å². The lowest BCUT2D eigenvalue weighted by Gasteiger charge is -2.15. The van der Waals surface area contributed by atoms with Gasteiger partial charge < -0.3 is 14.8 Å². The number of hydrogen-bond acceptors (Lipinski definition) is 4. The lowest BCUT2D eigenvalue weighted by atomic mass is 10.0. The van der Waals surface area contributed by atoms with Crippen LogP contribution in [0.5, 0.6) is 11.5 Å². The molecule has 152 valence electrons. The van der Waals surface area contributed by atoms with E-state index in [0.717, 1.165) is 5.56 Å². The molecule has 0 aromatic heterocycles. The predicted octanol–water partition coefficient (Wildman–Crippen LogP) is 4.51. The summed E-state index contributed by atoms with van der Waals surface area (Å²) in [7, 11) is 0. The SMILES string of the molecule is C#CCOc1c(CC=C)cc(/C=C(/C#N)C(=O)Nc2ccccc2F)cc1OCC. The largest absolute Gasteiger partial charge is 0.490 e. The molecule has 2 rings (SSSR count). The summed E-state index contributed by atoms with van der Waals surface area (Å²) >= 11 is 0. The number of rotatable bonds is 9. The predicted molar refractivity (Wildman–Crippen MR) is 114 cm³/mol. The minimum absolute atomic E-state index is 0.0102. The Bertz CT molecular complexity index is 1050. The number of allylic oxidation sites excluding steroid dienone is 1. The lowest BCUT2D eigenvalue weighted by Crippen LogP contribution is -2.14. The zero-order valence-electron chi connectivity index (χ0n) is 16.6. The summed E-state index contributed by atoms with van der Waals surface area (Å²) in [5.41, 5.74) is 1.08. The highest BCUT2D eigenvalue weighted by Gasteiger charge is 2.15. The van der Waals surface area contributed by atoms with Gasteiger partial charge in [0.25, 0.3) is 5.91 Å². The fourth-order valence-corrected chi connectivity index (χ4v) is 2.68. The highest BCUT2D eigenvalue weighted by Crippen LogP contribution is 2.34. The highest BCUT2D eigenvalue weighted by atomic mass is 19.1. The number of ether oxygens (including phenoxy) is 2. The van der Waals surface area contributed by atoms with Gasteiger partial charge in [0, 0.05) is 5.56 Å². The van der Waals surface area contributed by atoms with Crippen LogP contribution in [0.1, 0.15) is 18.1 Å². The molecule has 2 aromatic rings. The standard InChI is InChI=1S/C24H21FN2O3/c1-4-9-18-13-17(15-22(29-6-3)23(18)30-12-5-2)14-19(16-26)24(28)27-21-11-8-7-10-20(21)25/h2,4,7-8,10-11,13-15H,1,6,9,12H2,3H3,(H,27,28)/b19-14-. The number of nitrogens with zero attached hydrogens (tertiary/aromatic N) is 1. The summed E-state index contributed by atoms with van der Waals surface area (Å²) in [5, 5.41) is 11.9. The van der Waals surface area contributed by atoms with Gasteiger partial charge in [-0.2, -0.15) is 5.26 Å². The number of hydrogen-bond donors (Lipinski definition) is 1. The van der Waals surface area contributed by atoms with E-state index in [1.165, 1.54) is 24.3 Å². The second-order valence-corrected chi connectivity index (χ2v) is 6.03. The quantitative estimate of drug-likeness (QED) is 0.289. The molecule has 0 aliphatic heterocycles. The third kappa shape index (κ3) is 5.73. The minimum Gasteiger partial charge on any atom is -0.490 e. The van der Waals surface area contributed by atoms with E-state index < -0.39 is 11.7 Å². The van der Waals surface area contributed by atoms with Gasteiger partial charge in [-0.15, -0.1) is 13.0 Å². The Kier molecular flexibility index (Phi) is 8.23. The first kappa shape index (κ1) is 22.3. The summed E-state index contributed by atoms with van der Waals surface area (Å²) in [5.74, 6) is 2.02. The first-order chi connectivity index (χ1) is 14.5. The Morgan fingerprint density at radius 1 is 1.33 bits per heavy atom. The molecule has 0 saturated heterocycles. The molecular formula is C24H21FN2O3. The van der Waals surface area contributed by atoms with E-state index >= 15 is 0 Å². The molecule has 0 aliphatic carbocycles. The lowest BCUT2D eigenvalue weighted by molar-refractivity contribution is -0.112. The molecule has 1 amide bonds. The van der Waals surface area contributed by atoms with Crippen LogP contribution < -0.4 is 14.8 Å². The number of halogens is 1. The Morgan fingerprint density at radius 3 is 2.73 bits per heavy atom. The summed E-state index contributed by atoms with van der Waals surface area (Å²) in [6, 6.07) is 11.0. The van der Waals surface area contributed by atoms with Crippen LogP contribution in [0.3, 0.4) is 0 Å². The van der Waals surface area contributed by atoms with Crippen molar-refractivity contribution < 1.29 is 18.7 Å². The van der Waals surface area contributed by atoms with Crippen LogP contribution in [0.4, 0.5) is 10.1 Å². The minimum atomic E-state index is -0.724. The first-order valence-electron chi connectivity index (χ1n) is 9.18. The Balaban J connectivity index is 2.44. The first-order valence-corrected chi connectivity index (χ1v) is 9.18. The molecule has 0 spiro atoms. The van der Waals surface area contributed by atoms with Crippen LogP contribution >= 0.6 is 0 Å². The van der Waals surface area contributed by atoms with Crippen molar-refractivity contribution in [1.82, 2.24) is 0 Å². The molecule has 0 saturated carbocycles. The van der Waals surface area contributed by atoms with Gasteiger partial charge in [-0.05, 0) is 49.2 Å². The van der Waals surface area contributed by atoms with Gasteiger partial charge in [-0.3, -0.25) is 4.79 Å². The van der Waals surface area contributed by atoms with Gasteiger partial charge in [-0.1, -0.05) is 24.1 Å². The van der Waals surface area contributed by atoms with Crippen LogP contribution in [-0.2, 0) is 11.2 Å². The number of benzene rings is 2. The molecule has 1 N–H and O–H groups in total. The van der Waals surface area contributed by atoms with Crippen molar-refractivity contribution in [3.63, 3.8) is 0 Å². The maximum Gasteiger partial charge on any atom is 0.266 e. The summed E-state index contributed by atoms with van der Waals surface area (Å²) in [6.07, 6.45) is 8.85. The van der Waals surface area contributed by atoms with Crippen molar-refractivity contribution in [2.45, 2.75) is 13.3 Å². The topological polar surface area (TPSA) is 71.3 Å². The zero-order chi connectivity index (χ0) is 21.9. The van der Waals surface area contributed by atoms with E-state index in [1.807, 2.05) is 13.0 Å². The number of carbonyl (C=O) groups excluding carboxylic acids is 1. The van der Waals surface area contributed by atoms with E-state index in [1.54, 1.807) is 24.3 Å². The maximum atomic E-state index is 13.8. The summed E-state index contributed by atoms with van der Waals surface area (Å²) in [6.45, 7) is 6.01. The van der Waals surface area contributed by atoms with Crippen LogP contribution in [0, 0.1) is 29.5 Å². The molecular weight excluding hydrogens is 383 g/mol. The van der Waals surface area contributed by atoms with Crippen molar-refractivity contribution in [2.75, 3.05) is 18.5 Å². The van der Waals surface area contributed by atoms with Crippen LogP contribution in [0.25, 0.3) is 6.08 Å². The Morgan fingerprint density at radius 2 is 2.10 bits per heavy atom. The summed E-state index contributed by atoms with van der Waals surface area (Å²) < 4.78 is 25.1. The highest BCUT2D eigenvalue weighted by molar-refractivity contribution is 6.09. The van der Waals surface area contributed by atoms with E-state index in [4.69, 9.17) is 15.9 Å². The second-order valence-electron chi connectivity index (χ2n) is 6.03. The number of amides is 1. The Labute approximate surface area is 175 Å². The number of anilines is 1. The van der Waals surface area contributed by atoms with Gasteiger partial charge in [0.2, 0.25) is 0 Å². The fraction of sp³-hybridized carbons (Fsp3) is 0.167. The van der Waals surface area contributed by atoms with Gasteiger partial charge in [0.1, 0.15) is 24.1 Å². The molecule has 0 aliphatic rings. The van der Waals surface area contributed by atoms with E-state index in [9.17, 15) is 14.4 Å². The molecule has 0 radical (unpaired) electrons. The molecule has 30 heavy (non-hydrogen) atoms. The Hall–Kier alpha value is -4.03. The average Bonchev–Trinajstić information content (AvgIpc) is 2.73. The van der Waals surface area contributed by atoms with Crippen LogP contribution in [-0.4, -0.2) is 19.1 Å². The number of terminal acetylenes is 1. The number of para-hydroxylation sites is 1. The molecule has 0 heterocycles. The average molecular weight is 404 g/mol. The monoisotopic (exact) mass is 404 g/mol. The summed E-state index contributed by atoms with van der Waals surface area (Å²) in [4.78, 5) is 12.5. The zero-order valence-corrected chi connectivity index (χ0v) is 16.6. The molecule has 0 unspecified atom stereocenters. The van der Waals surface area contributed by atoms with Crippen molar-refractivity contribution >= 4 is 17.7 Å². The van der Waals surface area contributed by atoms with Crippen LogP contribution in [0.15, 0.2) is 54.6 Å². The molecule has 5 nitrogen and oxygen atoms in total.